The van der Waals surface area contributed by atoms with Gasteiger partial charge in [-0.3, -0.25) is 0 Å². The van der Waals surface area contributed by atoms with Crippen LogP contribution in [0.4, 0.5) is 0 Å². The zero-order chi connectivity index (χ0) is 56.1. The second-order valence-corrected chi connectivity index (χ2v) is 18.9. The maximum absolute atomic E-state index is 7.32. The van der Waals surface area contributed by atoms with Crippen LogP contribution in [0.5, 0.6) is 0 Å². The van der Waals surface area contributed by atoms with Crippen LogP contribution in [0.15, 0.2) is 0 Å². The largest absolute Gasteiger partial charge is 0.115 e. The molecular formula is C47HB29. The second kappa shape index (κ2) is 18.5. The highest BCUT2D eigenvalue weighted by Gasteiger charge is 2.34. The van der Waals surface area contributed by atoms with Gasteiger partial charge in [-0.2, -0.15) is 0 Å². The molecule has 29 heteroatoms. The van der Waals surface area contributed by atoms with E-state index >= 15 is 0 Å². The van der Waals surface area contributed by atoms with Crippen LogP contribution in [0.3, 0.4) is 0 Å². The Balaban J connectivity index is 1.45. The zero-order valence-corrected chi connectivity index (χ0v) is 40.3. The van der Waals surface area contributed by atoms with Gasteiger partial charge in [0.2, 0.25) is 0 Å². The third kappa shape index (κ3) is 6.86. The van der Waals surface area contributed by atoms with E-state index in [0.29, 0.717) is 0 Å². The summed E-state index contributed by atoms with van der Waals surface area (Å²) in [6.07, 6.45) is 0. The van der Waals surface area contributed by atoms with Gasteiger partial charge >= 0.3 is 0 Å². The van der Waals surface area contributed by atoms with Crippen LogP contribution in [-0.4, -0.2) is 228 Å². The molecule has 9 aromatic carbocycles. The third-order valence-corrected chi connectivity index (χ3v) is 15.3. The second-order valence-electron chi connectivity index (χ2n) is 18.9. The molecule has 0 amide bonds. The van der Waals surface area contributed by atoms with Crippen molar-refractivity contribution in [1.29, 1.82) is 0 Å². The molecule has 0 aliphatic heterocycles. The van der Waals surface area contributed by atoms with Gasteiger partial charge in [-0.25, -0.2) is 0 Å². The molecule has 1 aliphatic rings. The fourth-order valence-electron chi connectivity index (χ4n) is 11.4. The summed E-state index contributed by atoms with van der Waals surface area (Å²) in [5.74, 6) is -1.29. The Morgan fingerprint density at radius 1 is 0.145 bits per heavy atom. The minimum Gasteiger partial charge on any atom is -0.110 e. The summed E-state index contributed by atoms with van der Waals surface area (Å²) >= 11 is 0. The Morgan fingerprint density at radius 2 is 0.382 bits per heavy atom. The smallest absolute Gasteiger partial charge is 0.110 e. The molecule has 0 spiro atoms. The summed E-state index contributed by atoms with van der Waals surface area (Å²) < 4.78 is 0. The Kier molecular flexibility index (Phi) is 13.4. The molecule has 76 heavy (non-hydrogen) atoms. The van der Waals surface area contributed by atoms with Crippen LogP contribution < -0.4 is 158 Å². The molecule has 10 rings (SSSR count). The summed E-state index contributed by atoms with van der Waals surface area (Å²) in [5, 5.41) is 1.13. The van der Waals surface area contributed by atoms with Gasteiger partial charge in [0.05, 0.1) is 0 Å². The maximum Gasteiger partial charge on any atom is 0.115 e. The molecule has 1 aliphatic carbocycles. The van der Waals surface area contributed by atoms with E-state index in [4.69, 9.17) is 228 Å². The van der Waals surface area contributed by atoms with E-state index in [2.05, 4.69) is 0 Å². The summed E-state index contributed by atoms with van der Waals surface area (Å²) in [5.41, 5.74) is -3.89. The first kappa shape index (κ1) is 55.2. The van der Waals surface area contributed by atoms with Crippen molar-refractivity contribution in [3.8, 4) is 22.3 Å². The Labute approximate surface area is 480 Å². The van der Waals surface area contributed by atoms with Crippen molar-refractivity contribution in [2.75, 3.05) is 0 Å². The molecule has 0 saturated carbocycles. The van der Waals surface area contributed by atoms with E-state index in [1.165, 1.54) is 0 Å². The topological polar surface area (TPSA) is 0 Å². The van der Waals surface area contributed by atoms with Crippen molar-refractivity contribution in [3.63, 3.8) is 0 Å². The predicted molar refractivity (Wildman–Crippen MR) is 357 cm³/mol. The maximum atomic E-state index is 7.32. The highest BCUT2D eigenvalue weighted by molar-refractivity contribution is 6.77. The molecule has 58 radical (unpaired) electrons. The molecule has 0 bridgehead atoms. The van der Waals surface area contributed by atoms with Gasteiger partial charge in [0.25, 0.3) is 0 Å². The normalized spacial score (nSPS) is 13.6. The fraction of sp³-hybridized carbons (Fsp3) is 0.0213. The number of hydrogen-bond donors (Lipinski definition) is 0. The standard InChI is InChI=1S/C47HB29/c48-19-10-12-18(37(66)47(76)45(74)29(12)58)35(64)32(61)15(10)21(50)13(19)1-3-5(24(53)40(69)38(67)22(3)51)2(6-4(1)23(52)39(68)41(70)25(6)54)14-30(59)33(62)17(34(63)31(14)60)9-7-8(27(56)43(72)42(71)26(7)55)11-16(20(9)49)36(65)46(75)44(73)28(11)57/h13H. The van der Waals surface area contributed by atoms with E-state index in [0.717, 1.165) is 0 Å². The van der Waals surface area contributed by atoms with Gasteiger partial charge in [-0.1, -0.05) is 98.3 Å². The van der Waals surface area contributed by atoms with Crippen LogP contribution in [0, 0.1) is 0 Å². The van der Waals surface area contributed by atoms with Crippen LogP contribution in [0.1, 0.15) is 11.5 Å². The van der Waals surface area contributed by atoms with E-state index in [9.17, 15) is 0 Å². The average molecular weight is 879 g/mol. The highest BCUT2D eigenvalue weighted by Crippen LogP contribution is 2.43. The van der Waals surface area contributed by atoms with Crippen LogP contribution in [0.25, 0.3) is 87.1 Å². The van der Waals surface area contributed by atoms with Crippen molar-refractivity contribution in [3.05, 3.63) is 16.0 Å². The summed E-state index contributed by atoms with van der Waals surface area (Å²) in [6, 6.07) is 0. The van der Waals surface area contributed by atoms with Crippen molar-refractivity contribution >= 4 is 440 Å². The van der Waals surface area contributed by atoms with Crippen molar-refractivity contribution in [2.24, 2.45) is 0 Å². The van der Waals surface area contributed by atoms with E-state index in [1.54, 1.807) is 0 Å². The molecule has 0 fully saturated rings. The number of hydrogen-bond acceptors (Lipinski definition) is 0. The van der Waals surface area contributed by atoms with Gasteiger partial charge < -0.3 is 0 Å². The monoisotopic (exact) mass is 884 g/mol. The summed E-state index contributed by atoms with van der Waals surface area (Å²) in [7, 11) is 198. The number of benzene rings is 9. The Morgan fingerprint density at radius 3 is 0.750 bits per heavy atom. The summed E-state index contributed by atoms with van der Waals surface area (Å²) in [4.78, 5) is 0. The number of fused-ring (bicyclic) bond motifs is 8. The van der Waals surface area contributed by atoms with Gasteiger partial charge in [-0.15, -0.1) is 60.1 Å². The molecule has 0 N–H and O–H groups in total. The van der Waals surface area contributed by atoms with Crippen molar-refractivity contribution in [1.82, 2.24) is 0 Å². The lowest BCUT2D eigenvalue weighted by Gasteiger charge is -2.34. The van der Waals surface area contributed by atoms with E-state index in [1.807, 2.05) is 0 Å². The third-order valence-electron chi connectivity index (χ3n) is 15.3. The molecule has 9 aromatic rings. The molecular weight excluding hydrogens is 878 g/mol. The highest BCUT2D eigenvalue weighted by atomic mass is 14.3. The Hall–Kier alpha value is -4.10. The van der Waals surface area contributed by atoms with Gasteiger partial charge in [0.15, 0.2) is 0 Å². The molecule has 276 valence electrons. The quantitative estimate of drug-likeness (QED) is 0.0942. The molecule has 0 aromatic heterocycles. The molecule has 0 saturated heterocycles. The zero-order valence-electron chi connectivity index (χ0n) is 40.3. The molecule has 0 heterocycles. The van der Waals surface area contributed by atoms with Crippen molar-refractivity contribution < 1.29 is 0 Å². The van der Waals surface area contributed by atoms with Crippen LogP contribution in [-0.2, 0) is 0 Å². The lowest BCUT2D eigenvalue weighted by Crippen LogP contribution is -2.56. The minimum absolute atomic E-state index is 0.00256. The first-order valence-corrected chi connectivity index (χ1v) is 22.5. The average Bonchev–Trinajstić information content (AvgIpc) is 3.64. The SMILES string of the molecule is [B]C1=c2c([B])c([B])c3c([B])c([B])c([B])c([B])c3c2=C([B])C1c1c2c([B])c([B])c([B])c([B])c2c(-c2c([B])c([B])c(-c3c([B])c4c([B])c([B])c([B])c([B])c4c4c([B])c([B])c([B])c([B])c34)c([B])c2[B])c2c([B])c([B])c([B])c([B])c12. The molecule has 1 atom stereocenters. The first-order valence-electron chi connectivity index (χ1n) is 22.5. The fourth-order valence-corrected chi connectivity index (χ4v) is 11.4. The predicted octanol–water partition coefficient (Wildman–Crippen LogP) is -22.4. The van der Waals surface area contributed by atoms with Crippen LogP contribution in [0.2, 0.25) is 0 Å². The molecule has 1 unspecified atom stereocenters. The number of rotatable bonds is 3. The first-order chi connectivity index (χ1) is 35.4. The van der Waals surface area contributed by atoms with E-state index < -0.39 is 5.92 Å². The van der Waals surface area contributed by atoms with Crippen molar-refractivity contribution in [2.45, 2.75) is 5.92 Å². The summed E-state index contributed by atoms with van der Waals surface area (Å²) in [6.45, 7) is 0. The van der Waals surface area contributed by atoms with Gasteiger partial charge in [-0.05, 0) is 92.1 Å². The Bertz CT molecular complexity index is 4390. The minimum atomic E-state index is -1.29. The van der Waals surface area contributed by atoms with E-state index in [-0.39, 0.29) is 251 Å². The van der Waals surface area contributed by atoms with Gasteiger partial charge in [0.1, 0.15) is 228 Å². The lowest BCUT2D eigenvalue weighted by molar-refractivity contribution is 1.25. The lowest BCUT2D eigenvalue weighted by atomic mass is 9.55. The van der Waals surface area contributed by atoms with Gasteiger partial charge in [0, 0.05) is 5.92 Å². The molecule has 0 nitrogen and oxygen atoms in total. The van der Waals surface area contributed by atoms with Crippen LogP contribution >= 0.6 is 0 Å².